The number of alkyl halides is 3. The van der Waals surface area contributed by atoms with E-state index in [2.05, 4.69) is 4.74 Å². The number of halogens is 4. The van der Waals surface area contributed by atoms with Crippen LogP contribution < -0.4 is 5.73 Å². The van der Waals surface area contributed by atoms with Crippen LogP contribution in [-0.2, 0) is 11.2 Å². The lowest BCUT2D eigenvalue weighted by Crippen LogP contribution is -2.31. The highest BCUT2D eigenvalue weighted by Crippen LogP contribution is 2.17. The molecule has 0 bridgehead atoms. The van der Waals surface area contributed by atoms with E-state index in [1.54, 1.807) is 24.3 Å². The van der Waals surface area contributed by atoms with Crippen LogP contribution in [0.3, 0.4) is 0 Å². The number of hydrogen-bond donors (Lipinski definition) is 1. The highest BCUT2D eigenvalue weighted by atomic mass is 35.5. The Morgan fingerprint density at radius 2 is 1.94 bits per heavy atom. The summed E-state index contributed by atoms with van der Waals surface area (Å²) in [5, 5.41) is 0.554. The first-order valence-corrected chi connectivity index (χ1v) is 5.40. The van der Waals surface area contributed by atoms with E-state index in [-0.39, 0.29) is 6.61 Å². The summed E-state index contributed by atoms with van der Waals surface area (Å²) in [6.45, 7) is -1.42. The molecule has 0 aliphatic carbocycles. The normalized spacial score (nSPS) is 13.7. The molecule has 96 valence electrons. The number of benzene rings is 1. The van der Waals surface area contributed by atoms with Gasteiger partial charge in [0.25, 0.3) is 0 Å². The lowest BCUT2D eigenvalue weighted by molar-refractivity contribution is -0.174. The second-order valence-electron chi connectivity index (χ2n) is 3.69. The van der Waals surface area contributed by atoms with Gasteiger partial charge in [-0.1, -0.05) is 29.8 Å². The maximum absolute atomic E-state index is 11.8. The molecule has 0 aliphatic rings. The standard InChI is InChI=1S/C11H13ClF3NO/c12-10-4-2-1-3-8(10)5-9(16)6-17-7-11(13,14)15/h1-4,9H,5-7,16H2. The van der Waals surface area contributed by atoms with Crippen molar-refractivity contribution >= 4 is 11.6 Å². The summed E-state index contributed by atoms with van der Waals surface area (Å²) >= 11 is 5.90. The van der Waals surface area contributed by atoms with Crippen LogP contribution in [-0.4, -0.2) is 25.4 Å². The molecule has 1 aromatic carbocycles. The molecular weight excluding hydrogens is 255 g/mol. The highest BCUT2D eigenvalue weighted by Gasteiger charge is 2.27. The zero-order valence-electron chi connectivity index (χ0n) is 9.01. The number of ether oxygens (including phenoxy) is 1. The van der Waals surface area contributed by atoms with E-state index in [9.17, 15) is 13.2 Å². The Kier molecular flexibility index (Phi) is 5.24. The molecule has 1 rings (SSSR count). The van der Waals surface area contributed by atoms with Crippen molar-refractivity contribution in [2.75, 3.05) is 13.2 Å². The molecule has 0 heterocycles. The van der Waals surface area contributed by atoms with Gasteiger partial charge in [0.05, 0.1) is 6.61 Å². The van der Waals surface area contributed by atoms with Crippen LogP contribution >= 0.6 is 11.6 Å². The molecule has 0 fully saturated rings. The SMILES string of the molecule is NC(COCC(F)(F)F)Cc1ccccc1Cl. The summed E-state index contributed by atoms with van der Waals surface area (Å²) in [6.07, 6.45) is -3.93. The van der Waals surface area contributed by atoms with Crippen molar-refractivity contribution in [3.05, 3.63) is 34.9 Å². The molecule has 0 saturated carbocycles. The smallest absolute Gasteiger partial charge is 0.370 e. The Labute approximate surface area is 103 Å². The summed E-state index contributed by atoms with van der Waals surface area (Å²) in [7, 11) is 0. The second-order valence-corrected chi connectivity index (χ2v) is 4.09. The van der Waals surface area contributed by atoms with Gasteiger partial charge in [-0.25, -0.2) is 0 Å². The average molecular weight is 268 g/mol. The van der Waals surface area contributed by atoms with Gasteiger partial charge in [0, 0.05) is 11.1 Å². The molecule has 0 amide bonds. The predicted molar refractivity (Wildman–Crippen MR) is 60.0 cm³/mol. The number of rotatable bonds is 5. The first-order chi connectivity index (χ1) is 7.88. The van der Waals surface area contributed by atoms with Gasteiger partial charge in [-0.05, 0) is 18.1 Å². The van der Waals surface area contributed by atoms with Crippen molar-refractivity contribution in [1.29, 1.82) is 0 Å². The minimum atomic E-state index is -4.32. The van der Waals surface area contributed by atoms with E-state index >= 15 is 0 Å². The van der Waals surface area contributed by atoms with Crippen molar-refractivity contribution in [2.45, 2.75) is 18.6 Å². The molecule has 0 radical (unpaired) electrons. The lowest BCUT2D eigenvalue weighted by Gasteiger charge is -2.14. The van der Waals surface area contributed by atoms with E-state index in [1.807, 2.05) is 0 Å². The first-order valence-electron chi connectivity index (χ1n) is 5.02. The summed E-state index contributed by atoms with van der Waals surface area (Å²) < 4.78 is 39.9. The Hall–Kier alpha value is -0.780. The zero-order chi connectivity index (χ0) is 12.9. The van der Waals surface area contributed by atoms with Crippen molar-refractivity contribution in [3.8, 4) is 0 Å². The van der Waals surface area contributed by atoms with E-state index < -0.39 is 18.8 Å². The monoisotopic (exact) mass is 267 g/mol. The van der Waals surface area contributed by atoms with Crippen molar-refractivity contribution in [3.63, 3.8) is 0 Å². The maximum atomic E-state index is 11.8. The molecule has 17 heavy (non-hydrogen) atoms. The van der Waals surface area contributed by atoms with Gasteiger partial charge < -0.3 is 10.5 Å². The van der Waals surface area contributed by atoms with Crippen LogP contribution in [0.15, 0.2) is 24.3 Å². The molecule has 1 atom stereocenters. The predicted octanol–water partition coefficient (Wildman–Crippen LogP) is 2.79. The van der Waals surface area contributed by atoms with Crippen molar-refractivity contribution < 1.29 is 17.9 Å². The Bertz CT molecular complexity index is 357. The van der Waals surface area contributed by atoms with Gasteiger partial charge in [-0.2, -0.15) is 13.2 Å². The van der Waals surface area contributed by atoms with E-state index in [4.69, 9.17) is 17.3 Å². The third-order valence-electron chi connectivity index (χ3n) is 2.04. The molecule has 1 unspecified atom stereocenters. The van der Waals surface area contributed by atoms with Gasteiger partial charge >= 0.3 is 6.18 Å². The topological polar surface area (TPSA) is 35.2 Å². The quantitative estimate of drug-likeness (QED) is 0.890. The summed E-state index contributed by atoms with van der Waals surface area (Å²) in [4.78, 5) is 0. The van der Waals surface area contributed by atoms with Crippen LogP contribution in [0.2, 0.25) is 5.02 Å². The minimum absolute atomic E-state index is 0.148. The van der Waals surface area contributed by atoms with Gasteiger partial charge in [0.15, 0.2) is 0 Å². The van der Waals surface area contributed by atoms with Gasteiger partial charge in [0.2, 0.25) is 0 Å². The largest absolute Gasteiger partial charge is 0.411 e. The van der Waals surface area contributed by atoms with Crippen LogP contribution in [0, 0.1) is 0 Å². The van der Waals surface area contributed by atoms with Crippen molar-refractivity contribution in [2.24, 2.45) is 5.73 Å². The fourth-order valence-corrected chi connectivity index (χ4v) is 1.54. The zero-order valence-corrected chi connectivity index (χ0v) is 9.76. The number of hydrogen-bond acceptors (Lipinski definition) is 2. The lowest BCUT2D eigenvalue weighted by atomic mass is 10.1. The molecular formula is C11H13ClF3NO. The molecule has 1 aromatic rings. The molecule has 2 N–H and O–H groups in total. The molecule has 0 spiro atoms. The third kappa shape index (κ3) is 5.91. The van der Waals surface area contributed by atoms with Gasteiger partial charge in [-0.3, -0.25) is 0 Å². The maximum Gasteiger partial charge on any atom is 0.411 e. The molecule has 0 aliphatic heterocycles. The molecule has 0 aromatic heterocycles. The van der Waals surface area contributed by atoms with Gasteiger partial charge in [-0.15, -0.1) is 0 Å². The van der Waals surface area contributed by atoms with Crippen LogP contribution in [0.4, 0.5) is 13.2 Å². The average Bonchev–Trinajstić information content (AvgIpc) is 2.19. The Morgan fingerprint density at radius 3 is 2.53 bits per heavy atom. The van der Waals surface area contributed by atoms with Crippen LogP contribution in [0.5, 0.6) is 0 Å². The van der Waals surface area contributed by atoms with Crippen LogP contribution in [0.25, 0.3) is 0 Å². The minimum Gasteiger partial charge on any atom is -0.370 e. The highest BCUT2D eigenvalue weighted by molar-refractivity contribution is 6.31. The molecule has 0 saturated heterocycles. The van der Waals surface area contributed by atoms with Crippen molar-refractivity contribution in [1.82, 2.24) is 0 Å². The third-order valence-corrected chi connectivity index (χ3v) is 2.41. The molecule has 2 nitrogen and oxygen atoms in total. The van der Waals surface area contributed by atoms with Crippen LogP contribution in [0.1, 0.15) is 5.56 Å². The second kappa shape index (κ2) is 6.23. The van der Waals surface area contributed by atoms with Gasteiger partial charge in [0.1, 0.15) is 6.61 Å². The number of nitrogens with two attached hydrogens (primary N) is 1. The Morgan fingerprint density at radius 1 is 1.29 bits per heavy atom. The first kappa shape index (κ1) is 14.3. The van der Waals surface area contributed by atoms with E-state index in [0.29, 0.717) is 11.4 Å². The summed E-state index contributed by atoms with van der Waals surface area (Å²) in [6, 6.07) is 6.56. The Balaban J connectivity index is 2.35. The summed E-state index contributed by atoms with van der Waals surface area (Å²) in [5.74, 6) is 0. The fraction of sp³-hybridized carbons (Fsp3) is 0.455. The molecule has 6 heteroatoms. The summed E-state index contributed by atoms with van der Waals surface area (Å²) in [5.41, 5.74) is 6.46. The fourth-order valence-electron chi connectivity index (χ4n) is 1.33. The van der Waals surface area contributed by atoms with E-state index in [0.717, 1.165) is 5.56 Å². The van der Waals surface area contributed by atoms with E-state index in [1.165, 1.54) is 0 Å².